The lowest BCUT2D eigenvalue weighted by Crippen LogP contribution is -2.11. The highest BCUT2D eigenvalue weighted by Crippen LogP contribution is 1.98. The van der Waals surface area contributed by atoms with E-state index in [1.54, 1.807) is 17.9 Å². The standard InChI is InChI=1S/C7H11N7/c1-13-10-3-6(12-13)4-14-7(2-8)9-5-11-14/h3,5H,2,4,8H2,1H3. The molecule has 0 aromatic carbocycles. The van der Waals surface area contributed by atoms with Crippen molar-refractivity contribution in [2.75, 3.05) is 0 Å². The molecule has 14 heavy (non-hydrogen) atoms. The first-order valence-corrected chi connectivity index (χ1v) is 4.21. The van der Waals surface area contributed by atoms with Crippen molar-refractivity contribution in [3.05, 3.63) is 24.0 Å². The van der Waals surface area contributed by atoms with Crippen molar-refractivity contribution in [1.82, 2.24) is 29.8 Å². The molecule has 0 aliphatic rings. The van der Waals surface area contributed by atoms with E-state index < -0.39 is 0 Å². The van der Waals surface area contributed by atoms with Gasteiger partial charge in [0.25, 0.3) is 0 Å². The molecule has 0 atom stereocenters. The van der Waals surface area contributed by atoms with Gasteiger partial charge in [0.05, 0.1) is 19.3 Å². The van der Waals surface area contributed by atoms with Crippen molar-refractivity contribution in [1.29, 1.82) is 0 Å². The second-order valence-electron chi connectivity index (χ2n) is 2.86. The first-order chi connectivity index (χ1) is 6.79. The van der Waals surface area contributed by atoms with Crippen molar-refractivity contribution < 1.29 is 0 Å². The molecule has 0 bridgehead atoms. The van der Waals surface area contributed by atoms with E-state index in [4.69, 9.17) is 5.73 Å². The van der Waals surface area contributed by atoms with Crippen LogP contribution in [0.15, 0.2) is 12.5 Å². The molecule has 0 fully saturated rings. The van der Waals surface area contributed by atoms with E-state index in [9.17, 15) is 0 Å². The van der Waals surface area contributed by atoms with E-state index in [2.05, 4.69) is 20.3 Å². The third kappa shape index (κ3) is 1.62. The third-order valence-corrected chi connectivity index (χ3v) is 1.84. The van der Waals surface area contributed by atoms with Crippen LogP contribution in [0.1, 0.15) is 11.5 Å². The highest BCUT2D eigenvalue weighted by Gasteiger charge is 2.04. The van der Waals surface area contributed by atoms with Gasteiger partial charge in [-0.1, -0.05) is 0 Å². The van der Waals surface area contributed by atoms with E-state index >= 15 is 0 Å². The minimum atomic E-state index is 0.375. The highest BCUT2D eigenvalue weighted by atomic mass is 15.5. The molecular formula is C7H11N7. The van der Waals surface area contributed by atoms with Crippen LogP contribution in [-0.4, -0.2) is 29.8 Å². The highest BCUT2D eigenvalue weighted by molar-refractivity contribution is 4.94. The summed E-state index contributed by atoms with van der Waals surface area (Å²) in [6, 6.07) is 0. The van der Waals surface area contributed by atoms with Crippen LogP contribution in [0.2, 0.25) is 0 Å². The maximum absolute atomic E-state index is 5.49. The Morgan fingerprint density at radius 2 is 2.29 bits per heavy atom. The summed E-state index contributed by atoms with van der Waals surface area (Å²) in [6.07, 6.45) is 3.18. The van der Waals surface area contributed by atoms with Crippen LogP contribution in [0.25, 0.3) is 0 Å². The van der Waals surface area contributed by atoms with E-state index in [1.165, 1.54) is 11.1 Å². The summed E-state index contributed by atoms with van der Waals surface area (Å²) in [5.41, 5.74) is 6.33. The minimum Gasteiger partial charge on any atom is -0.324 e. The maximum Gasteiger partial charge on any atom is 0.141 e. The van der Waals surface area contributed by atoms with Crippen LogP contribution in [0.5, 0.6) is 0 Å². The zero-order valence-electron chi connectivity index (χ0n) is 7.83. The number of hydrogen-bond donors (Lipinski definition) is 1. The Morgan fingerprint density at radius 1 is 1.43 bits per heavy atom. The normalized spacial score (nSPS) is 10.7. The smallest absolute Gasteiger partial charge is 0.141 e. The molecule has 0 aliphatic heterocycles. The quantitative estimate of drug-likeness (QED) is 0.669. The molecule has 74 valence electrons. The Balaban J connectivity index is 2.18. The van der Waals surface area contributed by atoms with Crippen LogP contribution in [0.3, 0.4) is 0 Å². The summed E-state index contributed by atoms with van der Waals surface area (Å²) in [5, 5.41) is 12.1. The summed E-state index contributed by atoms with van der Waals surface area (Å²) in [5.74, 6) is 0.746. The molecule has 0 aliphatic carbocycles. The van der Waals surface area contributed by atoms with Crippen LogP contribution in [0.4, 0.5) is 0 Å². The third-order valence-electron chi connectivity index (χ3n) is 1.84. The first kappa shape index (κ1) is 8.82. The van der Waals surface area contributed by atoms with Crippen molar-refractivity contribution in [2.24, 2.45) is 12.8 Å². The molecule has 0 saturated heterocycles. The molecule has 7 nitrogen and oxygen atoms in total. The Hall–Kier alpha value is -1.76. The molecule has 0 spiro atoms. The van der Waals surface area contributed by atoms with Gasteiger partial charge in [0.2, 0.25) is 0 Å². The molecule has 2 aromatic heterocycles. The molecule has 0 amide bonds. The fourth-order valence-electron chi connectivity index (χ4n) is 1.19. The van der Waals surface area contributed by atoms with Gasteiger partial charge in [-0.05, 0) is 0 Å². The number of nitrogens with zero attached hydrogens (tertiary/aromatic N) is 6. The second-order valence-corrected chi connectivity index (χ2v) is 2.86. The predicted octanol–water partition coefficient (Wildman–Crippen LogP) is -1.09. The molecule has 2 heterocycles. The topological polar surface area (TPSA) is 87.4 Å². The fraction of sp³-hybridized carbons (Fsp3) is 0.429. The fourth-order valence-corrected chi connectivity index (χ4v) is 1.19. The number of nitrogens with two attached hydrogens (primary N) is 1. The van der Waals surface area contributed by atoms with Gasteiger partial charge in [-0.25, -0.2) is 9.67 Å². The Labute approximate surface area is 80.5 Å². The van der Waals surface area contributed by atoms with E-state index in [-0.39, 0.29) is 0 Å². The van der Waals surface area contributed by atoms with Crippen LogP contribution < -0.4 is 5.73 Å². The largest absolute Gasteiger partial charge is 0.324 e. The van der Waals surface area contributed by atoms with Crippen LogP contribution >= 0.6 is 0 Å². The Kier molecular flexibility index (Phi) is 2.23. The van der Waals surface area contributed by atoms with Gasteiger partial charge in [-0.15, -0.1) is 0 Å². The van der Waals surface area contributed by atoms with Gasteiger partial charge < -0.3 is 5.73 Å². The molecular weight excluding hydrogens is 182 g/mol. The van der Waals surface area contributed by atoms with E-state index in [0.717, 1.165) is 11.5 Å². The van der Waals surface area contributed by atoms with Gasteiger partial charge in [-0.2, -0.15) is 20.1 Å². The minimum absolute atomic E-state index is 0.375. The Bertz CT molecular complexity index is 415. The summed E-state index contributed by atoms with van der Waals surface area (Å²) < 4.78 is 1.71. The second kappa shape index (κ2) is 3.54. The zero-order chi connectivity index (χ0) is 9.97. The van der Waals surface area contributed by atoms with Gasteiger partial charge in [0, 0.05) is 7.05 Å². The van der Waals surface area contributed by atoms with Gasteiger partial charge in [0.15, 0.2) is 0 Å². The molecule has 2 aromatic rings. The summed E-state index contributed by atoms with van der Waals surface area (Å²) in [6.45, 7) is 0.931. The lowest BCUT2D eigenvalue weighted by atomic mass is 10.4. The van der Waals surface area contributed by atoms with Crippen molar-refractivity contribution >= 4 is 0 Å². The maximum atomic E-state index is 5.49. The number of rotatable bonds is 3. The average Bonchev–Trinajstić information content (AvgIpc) is 2.76. The van der Waals surface area contributed by atoms with Crippen LogP contribution in [0, 0.1) is 0 Å². The lowest BCUT2D eigenvalue weighted by Gasteiger charge is -2.00. The average molecular weight is 193 g/mol. The first-order valence-electron chi connectivity index (χ1n) is 4.21. The van der Waals surface area contributed by atoms with E-state index in [0.29, 0.717) is 13.1 Å². The molecule has 0 unspecified atom stereocenters. The summed E-state index contributed by atoms with van der Waals surface area (Å²) in [4.78, 5) is 5.52. The van der Waals surface area contributed by atoms with Crippen LogP contribution in [-0.2, 0) is 20.1 Å². The summed E-state index contributed by atoms with van der Waals surface area (Å²) >= 11 is 0. The van der Waals surface area contributed by atoms with Gasteiger partial charge in [-0.3, -0.25) is 0 Å². The van der Waals surface area contributed by atoms with Gasteiger partial charge >= 0.3 is 0 Å². The molecule has 2 rings (SSSR count). The number of aryl methyl sites for hydroxylation is 1. The number of hydrogen-bond acceptors (Lipinski definition) is 5. The SMILES string of the molecule is Cn1ncc(Cn2ncnc2CN)n1. The monoisotopic (exact) mass is 193 g/mol. The van der Waals surface area contributed by atoms with Crippen molar-refractivity contribution in [2.45, 2.75) is 13.1 Å². The van der Waals surface area contributed by atoms with Gasteiger partial charge in [0.1, 0.15) is 17.8 Å². The lowest BCUT2D eigenvalue weighted by molar-refractivity contribution is 0.601. The van der Waals surface area contributed by atoms with Crippen molar-refractivity contribution in [3.8, 4) is 0 Å². The molecule has 0 radical (unpaired) electrons. The molecule has 2 N–H and O–H groups in total. The zero-order valence-corrected chi connectivity index (χ0v) is 7.83. The van der Waals surface area contributed by atoms with Crippen molar-refractivity contribution in [3.63, 3.8) is 0 Å². The Morgan fingerprint density at radius 3 is 2.93 bits per heavy atom. The molecule has 0 saturated carbocycles. The summed E-state index contributed by atoms with van der Waals surface area (Å²) in [7, 11) is 1.77. The number of aromatic nitrogens is 6. The molecule has 7 heteroatoms. The van der Waals surface area contributed by atoms with E-state index in [1.807, 2.05) is 0 Å². The predicted molar refractivity (Wildman–Crippen MR) is 48.0 cm³/mol.